The van der Waals surface area contributed by atoms with Crippen molar-refractivity contribution in [3.63, 3.8) is 0 Å². The van der Waals surface area contributed by atoms with Gasteiger partial charge in [-0.2, -0.15) is 0 Å². The minimum atomic E-state index is -0.122. The van der Waals surface area contributed by atoms with Crippen LogP contribution >= 0.6 is 0 Å². The Morgan fingerprint density at radius 2 is 2.04 bits per heavy atom. The number of carbonyl (C=O) groups is 1. The highest BCUT2D eigenvalue weighted by Crippen LogP contribution is 2.27. The van der Waals surface area contributed by atoms with Crippen LogP contribution in [0.5, 0.6) is 5.75 Å². The van der Waals surface area contributed by atoms with Crippen LogP contribution in [0.3, 0.4) is 0 Å². The van der Waals surface area contributed by atoms with Crippen LogP contribution in [0.1, 0.15) is 37.7 Å². The molecule has 136 valence electrons. The molecular formula is C19H28N4O2. The highest BCUT2D eigenvalue weighted by Gasteiger charge is 2.30. The van der Waals surface area contributed by atoms with Gasteiger partial charge in [0.05, 0.1) is 0 Å². The average Bonchev–Trinajstić information content (AvgIpc) is 3.03. The number of phenols is 1. The Morgan fingerprint density at radius 3 is 2.80 bits per heavy atom. The molecule has 6 heteroatoms. The normalized spacial score (nSPS) is 16.7. The summed E-state index contributed by atoms with van der Waals surface area (Å²) >= 11 is 0. The van der Waals surface area contributed by atoms with Crippen molar-refractivity contribution < 1.29 is 9.90 Å². The van der Waals surface area contributed by atoms with Crippen LogP contribution in [-0.4, -0.2) is 41.8 Å². The van der Waals surface area contributed by atoms with Gasteiger partial charge in [0.15, 0.2) is 0 Å². The first-order valence-electron chi connectivity index (χ1n) is 9.11. The van der Waals surface area contributed by atoms with E-state index >= 15 is 0 Å². The molecule has 1 heterocycles. The quantitative estimate of drug-likeness (QED) is 0.558. The number of aromatic nitrogens is 1. The first kappa shape index (κ1) is 17.6. The van der Waals surface area contributed by atoms with Gasteiger partial charge in [-0.3, -0.25) is 0 Å². The van der Waals surface area contributed by atoms with Crippen LogP contribution in [0.15, 0.2) is 24.4 Å². The van der Waals surface area contributed by atoms with Crippen LogP contribution in [0.25, 0.3) is 10.9 Å². The van der Waals surface area contributed by atoms with Gasteiger partial charge in [-0.15, -0.1) is 0 Å². The Bertz CT molecular complexity index is 719. The number of rotatable bonds is 6. The number of hydrogen-bond donors (Lipinski definition) is 5. The molecule has 0 saturated heterocycles. The smallest absolute Gasteiger partial charge is 0.314 e. The summed E-state index contributed by atoms with van der Waals surface area (Å²) in [6.45, 7) is 1.22. The van der Waals surface area contributed by atoms with Gasteiger partial charge < -0.3 is 26.0 Å². The molecule has 0 atom stereocenters. The van der Waals surface area contributed by atoms with Gasteiger partial charge in [0.2, 0.25) is 0 Å². The lowest BCUT2D eigenvalue weighted by molar-refractivity contribution is 0.217. The average molecular weight is 344 g/mol. The minimum Gasteiger partial charge on any atom is -0.508 e. The van der Waals surface area contributed by atoms with E-state index in [2.05, 4.69) is 20.9 Å². The van der Waals surface area contributed by atoms with Crippen molar-refractivity contribution in [3.05, 3.63) is 30.0 Å². The van der Waals surface area contributed by atoms with Crippen molar-refractivity contribution in [2.24, 2.45) is 0 Å². The van der Waals surface area contributed by atoms with Crippen molar-refractivity contribution in [2.45, 2.75) is 44.1 Å². The van der Waals surface area contributed by atoms with Crippen molar-refractivity contribution in [1.29, 1.82) is 0 Å². The summed E-state index contributed by atoms with van der Waals surface area (Å²) in [4.78, 5) is 15.3. The van der Waals surface area contributed by atoms with Crippen molar-refractivity contribution in [1.82, 2.24) is 20.9 Å². The number of aromatic hydroxyl groups is 1. The number of hydrogen-bond acceptors (Lipinski definition) is 3. The Kier molecular flexibility index (Phi) is 5.48. The fourth-order valence-electron chi connectivity index (χ4n) is 3.74. The standard InChI is InChI=1S/C19H28N4O2/c1-20-19(8-3-2-4-9-19)13-23-18(25)21-10-7-14-12-22-17-6-5-15(24)11-16(14)17/h5-6,11-12,20,22,24H,2-4,7-10,13H2,1H3,(H2,21,23,25). The third kappa shape index (κ3) is 4.25. The molecular weight excluding hydrogens is 316 g/mol. The number of amides is 2. The third-order valence-corrected chi connectivity index (χ3v) is 5.36. The van der Waals surface area contributed by atoms with Gasteiger partial charge in [-0.25, -0.2) is 4.79 Å². The second kappa shape index (κ2) is 7.78. The number of urea groups is 1. The maximum atomic E-state index is 12.1. The fraction of sp³-hybridized carbons (Fsp3) is 0.526. The summed E-state index contributed by atoms with van der Waals surface area (Å²) < 4.78 is 0. The van der Waals surface area contributed by atoms with Gasteiger partial charge in [0, 0.05) is 35.7 Å². The van der Waals surface area contributed by atoms with Gasteiger partial charge in [0.25, 0.3) is 0 Å². The van der Waals surface area contributed by atoms with E-state index in [0.717, 1.165) is 29.3 Å². The van der Waals surface area contributed by atoms with Crippen LogP contribution in [-0.2, 0) is 6.42 Å². The Labute approximate surface area is 148 Å². The van der Waals surface area contributed by atoms with Crippen molar-refractivity contribution >= 4 is 16.9 Å². The minimum absolute atomic E-state index is 0.0456. The number of benzene rings is 1. The Balaban J connectivity index is 1.46. The number of H-pyrrole nitrogens is 1. The zero-order valence-corrected chi connectivity index (χ0v) is 14.8. The molecule has 2 amide bonds. The van der Waals surface area contributed by atoms with Crippen molar-refractivity contribution in [3.8, 4) is 5.75 Å². The molecule has 5 N–H and O–H groups in total. The molecule has 0 spiro atoms. The lowest BCUT2D eigenvalue weighted by Crippen LogP contribution is -2.54. The van der Waals surface area contributed by atoms with E-state index in [1.54, 1.807) is 12.1 Å². The summed E-state index contributed by atoms with van der Waals surface area (Å²) in [5.41, 5.74) is 2.12. The largest absolute Gasteiger partial charge is 0.508 e. The van der Waals surface area contributed by atoms with Crippen LogP contribution in [0, 0.1) is 0 Å². The summed E-state index contributed by atoms with van der Waals surface area (Å²) in [6, 6.07) is 5.15. The predicted octanol–water partition coefficient (Wildman–Crippen LogP) is 2.64. The second-order valence-corrected chi connectivity index (χ2v) is 6.99. The highest BCUT2D eigenvalue weighted by atomic mass is 16.3. The van der Waals surface area contributed by atoms with Crippen LogP contribution in [0.4, 0.5) is 4.79 Å². The number of nitrogens with one attached hydrogen (secondary N) is 4. The molecule has 1 saturated carbocycles. The number of likely N-dealkylation sites (N-methyl/N-ethyl adjacent to an activating group) is 1. The third-order valence-electron chi connectivity index (χ3n) is 5.36. The molecule has 1 aromatic heterocycles. The molecule has 1 aliphatic carbocycles. The van der Waals surface area contributed by atoms with Crippen LogP contribution < -0.4 is 16.0 Å². The SMILES string of the molecule is CNC1(CNC(=O)NCCc2c[nH]c3ccc(O)cc23)CCCCC1. The Morgan fingerprint density at radius 1 is 1.24 bits per heavy atom. The summed E-state index contributed by atoms with van der Waals surface area (Å²) in [7, 11) is 1.98. The number of phenolic OH excluding ortho intramolecular Hbond substituents is 1. The molecule has 0 bridgehead atoms. The molecule has 2 aromatic rings. The maximum Gasteiger partial charge on any atom is 0.314 e. The van der Waals surface area contributed by atoms with E-state index < -0.39 is 0 Å². The maximum absolute atomic E-state index is 12.1. The molecule has 0 aliphatic heterocycles. The van der Waals surface area contributed by atoms with Crippen LogP contribution in [0.2, 0.25) is 0 Å². The summed E-state index contributed by atoms with van der Waals surface area (Å²) in [5.74, 6) is 0.254. The lowest BCUT2D eigenvalue weighted by Gasteiger charge is -2.37. The monoisotopic (exact) mass is 344 g/mol. The molecule has 6 nitrogen and oxygen atoms in total. The molecule has 25 heavy (non-hydrogen) atoms. The summed E-state index contributed by atoms with van der Waals surface area (Å²) in [5, 5.41) is 20.0. The van der Waals surface area contributed by atoms with Gasteiger partial charge in [0.1, 0.15) is 5.75 Å². The zero-order valence-electron chi connectivity index (χ0n) is 14.8. The van der Waals surface area contributed by atoms with E-state index in [4.69, 9.17) is 0 Å². The highest BCUT2D eigenvalue weighted by molar-refractivity contribution is 5.84. The topological polar surface area (TPSA) is 89.2 Å². The molecule has 1 fully saturated rings. The van der Waals surface area contributed by atoms with Gasteiger partial charge in [-0.05, 0) is 50.1 Å². The first-order chi connectivity index (χ1) is 12.1. The molecule has 0 radical (unpaired) electrons. The van der Waals surface area contributed by atoms with E-state index in [1.807, 2.05) is 19.3 Å². The zero-order chi connectivity index (χ0) is 17.7. The van der Waals surface area contributed by atoms with Crippen molar-refractivity contribution in [2.75, 3.05) is 20.1 Å². The van der Waals surface area contributed by atoms with Gasteiger partial charge >= 0.3 is 6.03 Å². The molecule has 1 aliphatic rings. The summed E-state index contributed by atoms with van der Waals surface area (Å²) in [6.07, 6.45) is 8.60. The molecule has 1 aromatic carbocycles. The van der Waals surface area contributed by atoms with E-state index in [9.17, 15) is 9.90 Å². The van der Waals surface area contributed by atoms with Gasteiger partial charge in [-0.1, -0.05) is 19.3 Å². The fourth-order valence-corrected chi connectivity index (χ4v) is 3.74. The second-order valence-electron chi connectivity index (χ2n) is 6.99. The molecule has 0 unspecified atom stereocenters. The van der Waals surface area contributed by atoms with E-state index in [1.165, 1.54) is 19.3 Å². The van der Waals surface area contributed by atoms with E-state index in [-0.39, 0.29) is 17.3 Å². The number of aromatic amines is 1. The number of fused-ring (bicyclic) bond motifs is 1. The first-order valence-corrected chi connectivity index (χ1v) is 9.11. The molecule has 3 rings (SSSR count). The number of carbonyl (C=O) groups excluding carboxylic acids is 1. The predicted molar refractivity (Wildman–Crippen MR) is 99.9 cm³/mol. The lowest BCUT2D eigenvalue weighted by atomic mass is 9.82. The van der Waals surface area contributed by atoms with E-state index in [0.29, 0.717) is 19.5 Å². The Hall–Kier alpha value is -2.21.